The Bertz CT molecular complexity index is 77.8. The van der Waals surface area contributed by atoms with Gasteiger partial charge in [-0.25, -0.2) is 5.06 Å². The average molecular weight is 102 g/mol. The molecule has 0 bridgehead atoms. The summed E-state index contributed by atoms with van der Waals surface area (Å²) in [6.07, 6.45) is 0. The summed E-state index contributed by atoms with van der Waals surface area (Å²) < 4.78 is 0. The van der Waals surface area contributed by atoms with Gasteiger partial charge in [-0.05, 0) is 6.92 Å². The Morgan fingerprint density at radius 3 is 2.14 bits per heavy atom. The van der Waals surface area contributed by atoms with Gasteiger partial charge in [-0.3, -0.25) is 10.2 Å². The molecule has 0 atom stereocenters. The predicted octanol–water partition coefficient (Wildman–Crippen LogP) is 0.356. The van der Waals surface area contributed by atoms with Crippen molar-refractivity contribution in [2.24, 2.45) is 4.99 Å². The van der Waals surface area contributed by atoms with Gasteiger partial charge >= 0.3 is 0 Å². The molecule has 0 aromatic carbocycles. The number of hydrogen-bond acceptors (Lipinski definition) is 2. The summed E-state index contributed by atoms with van der Waals surface area (Å²) in [6, 6.07) is 0. The lowest BCUT2D eigenvalue weighted by molar-refractivity contribution is 0.0127. The van der Waals surface area contributed by atoms with E-state index in [2.05, 4.69) is 4.99 Å². The topological polar surface area (TPSA) is 35.8 Å². The first kappa shape index (κ1) is 6.43. The molecule has 7 heavy (non-hydrogen) atoms. The van der Waals surface area contributed by atoms with Gasteiger partial charge in [0.1, 0.15) is 5.84 Å². The fourth-order valence-corrected chi connectivity index (χ4v) is 0.145. The van der Waals surface area contributed by atoms with Gasteiger partial charge in [0.2, 0.25) is 0 Å². The van der Waals surface area contributed by atoms with Crippen molar-refractivity contribution >= 4 is 5.84 Å². The second-order valence-corrected chi connectivity index (χ2v) is 1.29. The summed E-state index contributed by atoms with van der Waals surface area (Å²) in [4.78, 5) is 3.68. The Kier molecular flexibility index (Phi) is 2.37. The number of rotatable bonds is 0. The lowest BCUT2D eigenvalue weighted by Crippen LogP contribution is -2.18. The molecule has 0 heterocycles. The van der Waals surface area contributed by atoms with E-state index in [9.17, 15) is 0 Å². The van der Waals surface area contributed by atoms with Crippen molar-refractivity contribution in [1.29, 1.82) is 0 Å². The molecule has 0 spiro atoms. The molecule has 42 valence electrons. The van der Waals surface area contributed by atoms with E-state index in [1.54, 1.807) is 14.0 Å². The highest BCUT2D eigenvalue weighted by Crippen LogP contribution is 1.76. The van der Waals surface area contributed by atoms with Gasteiger partial charge < -0.3 is 0 Å². The summed E-state index contributed by atoms with van der Waals surface area (Å²) in [5.74, 6) is 0.611. The fraction of sp³-hybridized carbons (Fsp3) is 0.750. The molecule has 0 saturated heterocycles. The van der Waals surface area contributed by atoms with Crippen LogP contribution in [0.3, 0.4) is 0 Å². The normalized spacial score (nSPS) is 11.7. The van der Waals surface area contributed by atoms with E-state index in [-0.39, 0.29) is 0 Å². The molecule has 0 unspecified atom stereocenters. The Hall–Kier alpha value is -0.570. The fourth-order valence-electron chi connectivity index (χ4n) is 0.145. The minimum atomic E-state index is 0.611. The van der Waals surface area contributed by atoms with Gasteiger partial charge in [0.15, 0.2) is 0 Å². The zero-order chi connectivity index (χ0) is 5.86. The molecule has 0 saturated carbocycles. The van der Waals surface area contributed by atoms with Gasteiger partial charge in [-0.15, -0.1) is 0 Å². The van der Waals surface area contributed by atoms with E-state index in [0.29, 0.717) is 5.84 Å². The lowest BCUT2D eigenvalue weighted by Gasteiger charge is -2.06. The van der Waals surface area contributed by atoms with Crippen molar-refractivity contribution in [1.82, 2.24) is 5.06 Å². The van der Waals surface area contributed by atoms with E-state index >= 15 is 0 Å². The monoisotopic (exact) mass is 102 g/mol. The van der Waals surface area contributed by atoms with Crippen LogP contribution in [0.1, 0.15) is 6.92 Å². The molecule has 0 radical (unpaired) electrons. The van der Waals surface area contributed by atoms with Crippen molar-refractivity contribution in [3.63, 3.8) is 0 Å². The van der Waals surface area contributed by atoms with E-state index in [0.717, 1.165) is 5.06 Å². The molecule has 0 aliphatic carbocycles. The quantitative estimate of drug-likeness (QED) is 0.272. The van der Waals surface area contributed by atoms with E-state index in [1.807, 2.05) is 0 Å². The third kappa shape index (κ3) is 2.17. The molecule has 3 nitrogen and oxygen atoms in total. The van der Waals surface area contributed by atoms with Crippen molar-refractivity contribution in [2.75, 3.05) is 14.1 Å². The third-order valence-electron chi connectivity index (χ3n) is 0.792. The van der Waals surface area contributed by atoms with Crippen molar-refractivity contribution in [3.8, 4) is 0 Å². The minimum absolute atomic E-state index is 0.611. The number of aliphatic imine (C=N–C) groups is 1. The van der Waals surface area contributed by atoms with Gasteiger partial charge in [0.25, 0.3) is 0 Å². The molecule has 0 aromatic rings. The van der Waals surface area contributed by atoms with Crippen molar-refractivity contribution in [2.45, 2.75) is 6.92 Å². The van der Waals surface area contributed by atoms with Crippen LogP contribution in [0.2, 0.25) is 0 Å². The van der Waals surface area contributed by atoms with Gasteiger partial charge in [0.05, 0.1) is 0 Å². The first-order chi connectivity index (χ1) is 3.18. The second kappa shape index (κ2) is 2.58. The smallest absolute Gasteiger partial charge is 0.119 e. The Balaban J connectivity index is 3.56. The highest BCUT2D eigenvalue weighted by molar-refractivity contribution is 5.77. The van der Waals surface area contributed by atoms with E-state index in [1.165, 1.54) is 7.05 Å². The zero-order valence-corrected chi connectivity index (χ0v) is 4.84. The van der Waals surface area contributed by atoms with Crippen LogP contribution in [0.15, 0.2) is 4.99 Å². The van der Waals surface area contributed by atoms with Crippen molar-refractivity contribution in [3.05, 3.63) is 0 Å². The minimum Gasteiger partial charge on any atom is -0.288 e. The summed E-state index contributed by atoms with van der Waals surface area (Å²) >= 11 is 0. The molecular weight excluding hydrogens is 92.1 g/mol. The van der Waals surface area contributed by atoms with Crippen LogP contribution in [0.25, 0.3) is 0 Å². The SMILES string of the molecule is C/N=C(\C)N(C)O. The maximum Gasteiger partial charge on any atom is 0.119 e. The molecular formula is C4H10N2O. The summed E-state index contributed by atoms with van der Waals surface area (Å²) in [6.45, 7) is 1.72. The van der Waals surface area contributed by atoms with Crippen LogP contribution >= 0.6 is 0 Å². The van der Waals surface area contributed by atoms with E-state index < -0.39 is 0 Å². The first-order valence-corrected chi connectivity index (χ1v) is 2.04. The Morgan fingerprint density at radius 2 is 2.14 bits per heavy atom. The third-order valence-corrected chi connectivity index (χ3v) is 0.792. The highest BCUT2D eigenvalue weighted by Gasteiger charge is 1.87. The number of amidine groups is 1. The van der Waals surface area contributed by atoms with Crippen molar-refractivity contribution < 1.29 is 5.21 Å². The summed E-state index contributed by atoms with van der Waals surface area (Å²) in [5, 5.41) is 9.50. The molecule has 0 aliphatic heterocycles. The van der Waals surface area contributed by atoms with Crippen LogP contribution in [0, 0.1) is 0 Å². The van der Waals surface area contributed by atoms with Crippen LogP contribution in [-0.2, 0) is 0 Å². The molecule has 0 fully saturated rings. The van der Waals surface area contributed by atoms with Gasteiger partial charge in [0, 0.05) is 14.1 Å². The van der Waals surface area contributed by atoms with E-state index in [4.69, 9.17) is 5.21 Å². The maximum atomic E-state index is 8.52. The number of hydroxylamine groups is 2. The maximum absolute atomic E-state index is 8.52. The zero-order valence-electron chi connectivity index (χ0n) is 4.84. The van der Waals surface area contributed by atoms with Crippen LogP contribution in [-0.4, -0.2) is 30.2 Å². The Morgan fingerprint density at radius 1 is 1.71 bits per heavy atom. The molecule has 0 aromatic heterocycles. The van der Waals surface area contributed by atoms with Crippen LogP contribution < -0.4 is 0 Å². The largest absolute Gasteiger partial charge is 0.288 e. The number of hydrogen-bond donors (Lipinski definition) is 1. The van der Waals surface area contributed by atoms with Gasteiger partial charge in [-0.2, -0.15) is 0 Å². The lowest BCUT2D eigenvalue weighted by atomic mass is 10.7. The first-order valence-electron chi connectivity index (χ1n) is 2.04. The molecule has 3 heteroatoms. The average Bonchev–Trinajstić information content (AvgIpc) is 1.65. The molecule has 0 rings (SSSR count). The predicted molar refractivity (Wildman–Crippen MR) is 28.6 cm³/mol. The van der Waals surface area contributed by atoms with Crippen LogP contribution in [0.5, 0.6) is 0 Å². The molecule has 1 N–H and O–H groups in total. The summed E-state index contributed by atoms with van der Waals surface area (Å²) in [7, 11) is 3.16. The second-order valence-electron chi connectivity index (χ2n) is 1.29. The number of nitrogens with zero attached hydrogens (tertiary/aromatic N) is 2. The standard InChI is InChI=1S/C4H10N2O/c1-4(5-2)6(3)7/h7H,1-3H3/b5-4+. The molecule has 0 amide bonds. The van der Waals surface area contributed by atoms with Gasteiger partial charge in [-0.1, -0.05) is 0 Å². The highest BCUT2D eigenvalue weighted by atomic mass is 16.5. The Labute approximate surface area is 43.2 Å². The summed E-state index contributed by atoms with van der Waals surface area (Å²) in [5.41, 5.74) is 0. The van der Waals surface area contributed by atoms with Crippen LogP contribution in [0.4, 0.5) is 0 Å². The molecule has 0 aliphatic rings.